The summed E-state index contributed by atoms with van der Waals surface area (Å²) in [5.41, 5.74) is 10.5. The maximum absolute atomic E-state index is 6.62. The molecule has 0 radical (unpaired) electrons. The Labute approximate surface area is 177 Å². The van der Waals surface area contributed by atoms with Gasteiger partial charge in [0.15, 0.2) is 0 Å². The standard InChI is InChI=1S/C22H20B.3ClH.Zr/c1-15-12-16(2)22(17(3)13-15)23-20-10-6-4-8-18(20)14-19-9-5-7-11-21(19)23;;;;/h4-10,12-13H,14H2,1-3H3;3*1H;/q;;;;+3/p-3. The molecule has 0 fully saturated rings. The van der Waals surface area contributed by atoms with Gasteiger partial charge in [-0.2, -0.15) is 0 Å². The van der Waals surface area contributed by atoms with E-state index in [1.54, 1.807) is 0 Å². The topological polar surface area (TPSA) is 0 Å². The fourth-order valence-electron chi connectivity index (χ4n) is 4.64. The SMILES string of the molecule is Cc1cc(C)c(B2c3ccccc3Cc3ccc[c]([Zr]([Cl])([Cl])[Cl])c32)c(C)c1. The molecule has 0 spiro atoms. The molecule has 1 aliphatic heterocycles. The van der Waals surface area contributed by atoms with Gasteiger partial charge in [-0.05, 0) is 0 Å². The molecule has 4 rings (SSSR count). The minimum atomic E-state index is -3.85. The van der Waals surface area contributed by atoms with Crippen molar-refractivity contribution >= 4 is 51.9 Å². The predicted molar refractivity (Wildman–Crippen MR) is 118 cm³/mol. The second-order valence-electron chi connectivity index (χ2n) is 7.50. The minimum absolute atomic E-state index is 0.120. The van der Waals surface area contributed by atoms with E-state index in [1.165, 1.54) is 44.2 Å². The Balaban J connectivity index is 2.09. The van der Waals surface area contributed by atoms with Crippen LogP contribution in [0.4, 0.5) is 0 Å². The van der Waals surface area contributed by atoms with Gasteiger partial charge in [0.25, 0.3) is 0 Å². The molecule has 3 aromatic carbocycles. The summed E-state index contributed by atoms with van der Waals surface area (Å²) in [7, 11) is 19.9. The summed E-state index contributed by atoms with van der Waals surface area (Å²) in [5.74, 6) is 0. The van der Waals surface area contributed by atoms with E-state index in [2.05, 4.69) is 63.2 Å². The summed E-state index contributed by atoms with van der Waals surface area (Å²) in [6, 6.07) is 19.5. The molecule has 0 atom stereocenters. The van der Waals surface area contributed by atoms with Crippen molar-refractivity contribution in [2.75, 3.05) is 0 Å². The van der Waals surface area contributed by atoms with Gasteiger partial charge in [0.05, 0.1) is 0 Å². The van der Waals surface area contributed by atoms with E-state index in [9.17, 15) is 0 Å². The quantitative estimate of drug-likeness (QED) is 0.367. The van der Waals surface area contributed by atoms with Gasteiger partial charge in [0.1, 0.15) is 0 Å². The average molecular weight is 493 g/mol. The molecular formula is C22H20BCl3Zr. The van der Waals surface area contributed by atoms with Crippen molar-refractivity contribution < 1.29 is 16.7 Å². The third kappa shape index (κ3) is 3.60. The molecule has 0 aliphatic carbocycles. The molecule has 0 saturated heterocycles. The van der Waals surface area contributed by atoms with E-state index in [1.807, 2.05) is 12.1 Å². The maximum atomic E-state index is 6.62. The van der Waals surface area contributed by atoms with E-state index in [-0.39, 0.29) is 6.71 Å². The van der Waals surface area contributed by atoms with Crippen LogP contribution in [0.2, 0.25) is 0 Å². The van der Waals surface area contributed by atoms with E-state index < -0.39 is 16.7 Å². The van der Waals surface area contributed by atoms with Gasteiger partial charge < -0.3 is 0 Å². The molecule has 1 aliphatic rings. The first-order valence-corrected chi connectivity index (χ1v) is 19.8. The van der Waals surface area contributed by atoms with Crippen molar-refractivity contribution in [2.24, 2.45) is 0 Å². The molecule has 5 heteroatoms. The second kappa shape index (κ2) is 7.38. The first-order chi connectivity index (χ1) is 12.8. The van der Waals surface area contributed by atoms with Gasteiger partial charge in [-0.15, -0.1) is 0 Å². The number of rotatable bonds is 2. The monoisotopic (exact) mass is 490 g/mol. The normalized spacial score (nSPS) is 13.3. The van der Waals surface area contributed by atoms with Gasteiger partial charge in [-0.3, -0.25) is 0 Å². The van der Waals surface area contributed by atoms with Crippen LogP contribution >= 0.6 is 25.5 Å². The second-order valence-corrected chi connectivity index (χ2v) is 24.8. The van der Waals surface area contributed by atoms with E-state index in [0.29, 0.717) is 0 Å². The number of hydrogen-bond donors (Lipinski definition) is 0. The van der Waals surface area contributed by atoms with E-state index in [0.717, 1.165) is 9.69 Å². The Morgan fingerprint density at radius 1 is 0.778 bits per heavy atom. The summed E-state index contributed by atoms with van der Waals surface area (Å²) in [6.45, 7) is 6.67. The molecule has 136 valence electrons. The van der Waals surface area contributed by atoms with Gasteiger partial charge in [-0.1, -0.05) is 0 Å². The Kier molecular flexibility index (Phi) is 5.41. The molecule has 0 amide bonds. The molecule has 0 aromatic heterocycles. The predicted octanol–water partition coefficient (Wildman–Crippen LogP) is 4.27. The first kappa shape index (κ1) is 19.8. The molecule has 27 heavy (non-hydrogen) atoms. The number of fused-ring (bicyclic) bond motifs is 2. The van der Waals surface area contributed by atoms with Crippen molar-refractivity contribution in [3.63, 3.8) is 0 Å². The zero-order chi connectivity index (χ0) is 19.3. The molecule has 0 saturated carbocycles. The third-order valence-electron chi connectivity index (χ3n) is 5.56. The van der Waals surface area contributed by atoms with Gasteiger partial charge in [-0.25, -0.2) is 0 Å². The Bertz CT molecular complexity index is 1020. The summed E-state index contributed by atoms with van der Waals surface area (Å²) < 4.78 is 0.991. The van der Waals surface area contributed by atoms with Crippen LogP contribution in [-0.2, 0) is 23.1 Å². The average Bonchev–Trinajstić information content (AvgIpc) is 2.59. The zero-order valence-corrected chi connectivity index (χ0v) is 20.3. The van der Waals surface area contributed by atoms with Crippen molar-refractivity contribution in [1.29, 1.82) is 0 Å². The first-order valence-electron chi connectivity index (χ1n) is 9.12. The van der Waals surface area contributed by atoms with Crippen LogP contribution in [0.1, 0.15) is 27.8 Å². The molecular weight excluding hydrogens is 473 g/mol. The number of hydrogen-bond acceptors (Lipinski definition) is 0. The summed E-state index contributed by atoms with van der Waals surface area (Å²) in [6.07, 6.45) is 0.895. The van der Waals surface area contributed by atoms with Crippen molar-refractivity contribution in [3.8, 4) is 0 Å². The number of aryl methyl sites for hydroxylation is 3. The Morgan fingerprint density at radius 3 is 2.07 bits per heavy atom. The van der Waals surface area contributed by atoms with Crippen LogP contribution in [0, 0.1) is 20.8 Å². The Hall–Kier alpha value is -0.522. The number of benzene rings is 3. The van der Waals surface area contributed by atoms with Crippen LogP contribution in [0.5, 0.6) is 0 Å². The molecule has 3 aromatic rings. The summed E-state index contributed by atoms with van der Waals surface area (Å²) >= 11 is -3.85. The van der Waals surface area contributed by atoms with Crippen LogP contribution in [0.3, 0.4) is 0 Å². The van der Waals surface area contributed by atoms with Crippen LogP contribution in [0.15, 0.2) is 54.6 Å². The molecule has 0 unspecified atom stereocenters. The van der Waals surface area contributed by atoms with Crippen molar-refractivity contribution in [3.05, 3.63) is 82.4 Å². The Morgan fingerprint density at radius 2 is 1.41 bits per heavy atom. The number of halogens is 3. The van der Waals surface area contributed by atoms with E-state index >= 15 is 0 Å². The molecule has 0 bridgehead atoms. The van der Waals surface area contributed by atoms with Gasteiger partial charge in [0.2, 0.25) is 0 Å². The van der Waals surface area contributed by atoms with Gasteiger partial charge in [0, 0.05) is 0 Å². The molecule has 0 nitrogen and oxygen atoms in total. The zero-order valence-electron chi connectivity index (χ0n) is 15.6. The fourth-order valence-corrected chi connectivity index (χ4v) is 9.77. The van der Waals surface area contributed by atoms with Crippen molar-refractivity contribution in [1.82, 2.24) is 0 Å². The van der Waals surface area contributed by atoms with Crippen LogP contribution < -0.4 is 19.7 Å². The van der Waals surface area contributed by atoms with Gasteiger partial charge >= 0.3 is 178 Å². The van der Waals surface area contributed by atoms with Crippen molar-refractivity contribution in [2.45, 2.75) is 27.2 Å². The third-order valence-corrected chi connectivity index (χ3v) is 11.8. The van der Waals surface area contributed by atoms with Crippen LogP contribution in [-0.4, -0.2) is 6.71 Å². The molecule has 0 N–H and O–H groups in total. The van der Waals surface area contributed by atoms with Crippen LogP contribution in [0.25, 0.3) is 0 Å². The van der Waals surface area contributed by atoms with E-state index in [4.69, 9.17) is 25.5 Å². The fraction of sp³-hybridized carbons (Fsp3) is 0.182. The molecule has 1 heterocycles. The summed E-state index contributed by atoms with van der Waals surface area (Å²) in [4.78, 5) is 0. The summed E-state index contributed by atoms with van der Waals surface area (Å²) in [5, 5.41) is 0.